The summed E-state index contributed by atoms with van der Waals surface area (Å²) in [6.45, 7) is 2.82. The molecule has 0 saturated carbocycles. The molecule has 0 spiro atoms. The van der Waals surface area contributed by atoms with E-state index in [9.17, 15) is 4.79 Å². The average Bonchev–Trinajstić information content (AvgIpc) is 3.30. The minimum atomic E-state index is 0. The molecule has 9 heteroatoms. The maximum atomic E-state index is 12.8. The quantitative estimate of drug-likeness (QED) is 0.802. The van der Waals surface area contributed by atoms with E-state index in [0.29, 0.717) is 11.6 Å². The summed E-state index contributed by atoms with van der Waals surface area (Å²) in [5.41, 5.74) is 1.47. The van der Waals surface area contributed by atoms with E-state index in [4.69, 9.17) is 9.47 Å². The average molecular weight is 432 g/mol. The van der Waals surface area contributed by atoms with Crippen LogP contribution in [0, 0.1) is 5.92 Å². The van der Waals surface area contributed by atoms with Crippen LogP contribution >= 0.6 is 36.2 Å². The van der Waals surface area contributed by atoms with E-state index >= 15 is 0 Å². The van der Waals surface area contributed by atoms with Crippen molar-refractivity contribution in [2.45, 2.75) is 12.8 Å². The van der Waals surface area contributed by atoms with Crippen LogP contribution in [0.2, 0.25) is 0 Å². The second-order valence-corrected chi connectivity index (χ2v) is 7.28. The smallest absolute Gasteiger partial charge is 0.273 e. The van der Waals surface area contributed by atoms with Gasteiger partial charge >= 0.3 is 0 Å². The van der Waals surface area contributed by atoms with Crippen molar-refractivity contribution in [2.75, 3.05) is 33.5 Å². The molecule has 1 unspecified atom stereocenters. The van der Waals surface area contributed by atoms with Crippen molar-refractivity contribution in [2.24, 2.45) is 5.92 Å². The van der Waals surface area contributed by atoms with E-state index in [1.807, 2.05) is 35.5 Å². The van der Waals surface area contributed by atoms with Crippen molar-refractivity contribution < 1.29 is 14.3 Å². The Morgan fingerprint density at radius 3 is 2.96 bits per heavy atom. The Bertz CT molecular complexity index is 785. The van der Waals surface area contributed by atoms with Crippen LogP contribution in [0.4, 0.5) is 0 Å². The summed E-state index contributed by atoms with van der Waals surface area (Å²) in [5.74, 6) is 2.03. The van der Waals surface area contributed by atoms with Crippen molar-refractivity contribution in [3.05, 3.63) is 29.3 Å². The molecule has 2 aliphatic heterocycles. The summed E-state index contributed by atoms with van der Waals surface area (Å²) in [7, 11) is 1.96. The maximum Gasteiger partial charge on any atom is 0.273 e. The second-order valence-electron chi connectivity index (χ2n) is 6.42. The van der Waals surface area contributed by atoms with E-state index in [1.54, 1.807) is 0 Å². The molecule has 1 aromatic carbocycles. The fourth-order valence-corrected chi connectivity index (χ4v) is 4.19. The number of piperidine rings is 1. The first-order valence-electron chi connectivity index (χ1n) is 8.54. The van der Waals surface area contributed by atoms with Gasteiger partial charge in [-0.05, 0) is 50.6 Å². The van der Waals surface area contributed by atoms with Crippen LogP contribution in [0.1, 0.15) is 23.3 Å². The van der Waals surface area contributed by atoms with Gasteiger partial charge in [0.25, 0.3) is 5.91 Å². The summed E-state index contributed by atoms with van der Waals surface area (Å²) >= 11 is 1.48. The van der Waals surface area contributed by atoms with Crippen LogP contribution in [0.3, 0.4) is 0 Å². The molecule has 2 aliphatic rings. The number of carbonyl (C=O) groups is 1. The van der Waals surface area contributed by atoms with Crippen molar-refractivity contribution >= 4 is 42.1 Å². The molecule has 1 atom stereocenters. The minimum absolute atomic E-state index is 0. The first kappa shape index (κ1) is 21.8. The molecule has 1 saturated heterocycles. The molecule has 148 valence electrons. The van der Waals surface area contributed by atoms with Crippen molar-refractivity contribution in [1.82, 2.24) is 15.2 Å². The number of halogens is 2. The van der Waals surface area contributed by atoms with Gasteiger partial charge in [0.1, 0.15) is 10.7 Å². The van der Waals surface area contributed by atoms with Crippen LogP contribution < -0.4 is 14.8 Å². The third-order valence-electron chi connectivity index (χ3n) is 4.64. The van der Waals surface area contributed by atoms with Gasteiger partial charge in [0.2, 0.25) is 6.79 Å². The molecular formula is C18H23Cl2N3O3S. The molecule has 3 heterocycles. The third-order valence-corrected chi connectivity index (χ3v) is 5.53. The molecule has 2 aromatic rings. The van der Waals surface area contributed by atoms with E-state index in [2.05, 4.69) is 10.3 Å². The molecule has 1 N–H and O–H groups in total. The molecule has 4 rings (SSSR count). The Hall–Kier alpha value is -1.54. The zero-order chi connectivity index (χ0) is 17.2. The Morgan fingerprint density at radius 2 is 2.15 bits per heavy atom. The lowest BCUT2D eigenvalue weighted by Gasteiger charge is -2.32. The maximum absolute atomic E-state index is 12.8. The topological polar surface area (TPSA) is 63.7 Å². The van der Waals surface area contributed by atoms with Gasteiger partial charge in [-0.3, -0.25) is 4.79 Å². The number of nitrogens with one attached hydrogen (secondary N) is 1. The number of nitrogens with zero attached hydrogens (tertiary/aromatic N) is 2. The lowest BCUT2D eigenvalue weighted by atomic mass is 9.98. The van der Waals surface area contributed by atoms with Gasteiger partial charge in [-0.2, -0.15) is 0 Å². The zero-order valence-electron chi connectivity index (χ0n) is 15.0. The number of hydrogen-bond donors (Lipinski definition) is 1. The predicted molar refractivity (Wildman–Crippen MR) is 111 cm³/mol. The van der Waals surface area contributed by atoms with Gasteiger partial charge in [0.05, 0.1) is 0 Å². The summed E-state index contributed by atoms with van der Waals surface area (Å²) in [6, 6.07) is 5.75. The molecule has 0 radical (unpaired) electrons. The van der Waals surface area contributed by atoms with Crippen molar-refractivity contribution in [3.63, 3.8) is 0 Å². The number of carbonyl (C=O) groups excluding carboxylic acids is 1. The molecule has 6 nitrogen and oxygen atoms in total. The van der Waals surface area contributed by atoms with Crippen molar-refractivity contribution in [3.8, 4) is 22.1 Å². The van der Waals surface area contributed by atoms with Crippen LogP contribution in [0.5, 0.6) is 11.5 Å². The van der Waals surface area contributed by atoms with E-state index in [0.717, 1.165) is 48.1 Å². The highest BCUT2D eigenvalue weighted by molar-refractivity contribution is 7.13. The summed E-state index contributed by atoms with van der Waals surface area (Å²) < 4.78 is 10.8. The largest absolute Gasteiger partial charge is 0.454 e. The van der Waals surface area contributed by atoms with E-state index < -0.39 is 0 Å². The normalized spacial score (nSPS) is 17.8. The third kappa shape index (κ3) is 4.66. The Kier molecular flexibility index (Phi) is 7.73. The number of likely N-dealkylation sites (tertiary alicyclic amines) is 1. The van der Waals surface area contributed by atoms with Crippen LogP contribution in [-0.4, -0.2) is 49.3 Å². The standard InChI is InChI=1S/C18H21N3O3S.2ClH/c1-19-8-12-3-2-6-21(9-12)18(22)14-10-25-17(20-14)13-4-5-15-16(7-13)24-11-23-15;;/h4-5,7,10,12,19H,2-3,6,8-9,11H2,1H3;2*1H. The second kappa shape index (κ2) is 9.59. The number of fused-ring (bicyclic) bond motifs is 1. The van der Waals surface area contributed by atoms with Gasteiger partial charge in [-0.25, -0.2) is 4.98 Å². The number of aromatic nitrogens is 1. The molecule has 1 fully saturated rings. The monoisotopic (exact) mass is 431 g/mol. The van der Waals surface area contributed by atoms with Gasteiger partial charge < -0.3 is 19.7 Å². The molecule has 1 aromatic heterocycles. The number of amides is 1. The number of hydrogen-bond acceptors (Lipinski definition) is 6. The first-order valence-corrected chi connectivity index (χ1v) is 9.42. The molecule has 1 amide bonds. The minimum Gasteiger partial charge on any atom is -0.454 e. The number of thiazole rings is 1. The van der Waals surface area contributed by atoms with E-state index in [1.165, 1.54) is 17.8 Å². The number of benzene rings is 1. The van der Waals surface area contributed by atoms with Gasteiger partial charge in [0, 0.05) is 24.0 Å². The summed E-state index contributed by atoms with van der Waals surface area (Å²) in [5, 5.41) is 5.88. The predicted octanol–water partition coefficient (Wildman–Crippen LogP) is 3.45. The van der Waals surface area contributed by atoms with Gasteiger partial charge in [-0.1, -0.05) is 0 Å². The zero-order valence-corrected chi connectivity index (χ0v) is 17.4. The number of rotatable bonds is 4. The van der Waals surface area contributed by atoms with Crippen LogP contribution in [-0.2, 0) is 0 Å². The van der Waals surface area contributed by atoms with Crippen LogP contribution in [0.15, 0.2) is 23.6 Å². The molecular weight excluding hydrogens is 409 g/mol. The van der Waals surface area contributed by atoms with Gasteiger partial charge in [0.15, 0.2) is 11.5 Å². The van der Waals surface area contributed by atoms with Crippen molar-refractivity contribution in [1.29, 1.82) is 0 Å². The lowest BCUT2D eigenvalue weighted by molar-refractivity contribution is 0.0669. The Morgan fingerprint density at radius 1 is 1.33 bits per heavy atom. The molecule has 0 aliphatic carbocycles. The van der Waals surface area contributed by atoms with E-state index in [-0.39, 0.29) is 37.5 Å². The number of ether oxygens (including phenoxy) is 2. The first-order chi connectivity index (χ1) is 12.2. The highest BCUT2D eigenvalue weighted by Crippen LogP contribution is 2.36. The SMILES string of the molecule is CNCC1CCCN(C(=O)c2csc(-c3ccc4c(c3)OCO4)n2)C1.Cl.Cl. The fourth-order valence-electron chi connectivity index (χ4n) is 3.40. The highest BCUT2D eigenvalue weighted by atomic mass is 35.5. The van der Waals surface area contributed by atoms with Crippen LogP contribution in [0.25, 0.3) is 10.6 Å². The Balaban J connectivity index is 0.00000131. The van der Waals surface area contributed by atoms with Gasteiger partial charge in [-0.15, -0.1) is 36.2 Å². The lowest BCUT2D eigenvalue weighted by Crippen LogP contribution is -2.42. The summed E-state index contributed by atoms with van der Waals surface area (Å²) in [4.78, 5) is 19.3. The fraction of sp³-hybridized carbons (Fsp3) is 0.444. The Labute approximate surface area is 175 Å². The molecule has 27 heavy (non-hydrogen) atoms. The summed E-state index contributed by atoms with van der Waals surface area (Å²) in [6.07, 6.45) is 2.22. The molecule has 0 bridgehead atoms. The highest BCUT2D eigenvalue weighted by Gasteiger charge is 2.26.